The van der Waals surface area contributed by atoms with Crippen molar-refractivity contribution >= 4 is 22.5 Å². The van der Waals surface area contributed by atoms with Gasteiger partial charge >= 0.3 is 0 Å². The zero-order chi connectivity index (χ0) is 17.9. The summed E-state index contributed by atoms with van der Waals surface area (Å²) in [6.45, 7) is 0.207. The van der Waals surface area contributed by atoms with E-state index in [2.05, 4.69) is 25.5 Å². The fourth-order valence-electron chi connectivity index (χ4n) is 3.09. The molecule has 3 heterocycles. The molecule has 0 spiro atoms. The number of nitrogens with two attached hydrogens (primary N) is 1. The van der Waals surface area contributed by atoms with Gasteiger partial charge in [-0.1, -0.05) is 18.2 Å². The molecule has 26 heavy (non-hydrogen) atoms. The third-order valence-corrected chi connectivity index (χ3v) is 4.42. The van der Waals surface area contributed by atoms with Gasteiger partial charge in [0.1, 0.15) is 0 Å². The standard InChI is InChI=1S/C19H18N6O/c20-7-15(12-3-2-6-21-8-12)19(26)25-17-5-1-4-14-16(11-22-18(14)17)13-9-23-24-10-13/h1-6,8-11,15,22H,7,20H2,(H,23,24)(H,25,26)/t15-/m0/s1. The lowest BCUT2D eigenvalue weighted by Crippen LogP contribution is -2.27. The van der Waals surface area contributed by atoms with E-state index in [1.807, 2.05) is 36.7 Å². The van der Waals surface area contributed by atoms with Crippen LogP contribution in [0.25, 0.3) is 22.0 Å². The number of fused-ring (bicyclic) bond motifs is 1. The van der Waals surface area contributed by atoms with Crippen molar-refractivity contribution in [2.75, 3.05) is 11.9 Å². The number of nitrogens with zero attached hydrogens (tertiary/aromatic N) is 2. The van der Waals surface area contributed by atoms with Crippen molar-refractivity contribution < 1.29 is 4.79 Å². The summed E-state index contributed by atoms with van der Waals surface area (Å²) in [6.07, 6.45) is 8.85. The van der Waals surface area contributed by atoms with Crippen LogP contribution in [-0.4, -0.2) is 32.6 Å². The van der Waals surface area contributed by atoms with Gasteiger partial charge in [-0.3, -0.25) is 14.9 Å². The van der Waals surface area contributed by atoms with Gasteiger partial charge in [0.25, 0.3) is 0 Å². The molecule has 3 aromatic heterocycles. The van der Waals surface area contributed by atoms with Gasteiger partial charge in [-0.25, -0.2) is 0 Å². The first-order valence-electron chi connectivity index (χ1n) is 8.28. The minimum atomic E-state index is -0.456. The lowest BCUT2D eigenvalue weighted by atomic mass is 10.00. The molecule has 0 aliphatic rings. The van der Waals surface area contributed by atoms with Gasteiger partial charge in [-0.05, 0) is 17.7 Å². The average Bonchev–Trinajstić information content (AvgIpc) is 3.33. The Labute approximate surface area is 149 Å². The molecule has 0 fully saturated rings. The van der Waals surface area contributed by atoms with Crippen LogP contribution in [0.1, 0.15) is 11.5 Å². The number of para-hydroxylation sites is 1. The number of H-pyrrole nitrogens is 2. The average molecular weight is 346 g/mol. The SMILES string of the molecule is NC[C@H](C(=O)Nc1cccc2c(-c3cn[nH]c3)c[nH]c12)c1cccnc1. The molecule has 1 atom stereocenters. The predicted molar refractivity (Wildman–Crippen MR) is 101 cm³/mol. The first-order valence-corrected chi connectivity index (χ1v) is 8.28. The second-order valence-corrected chi connectivity index (χ2v) is 5.98. The van der Waals surface area contributed by atoms with Gasteiger partial charge in [0.15, 0.2) is 0 Å². The molecule has 4 rings (SSSR count). The molecule has 130 valence electrons. The minimum Gasteiger partial charge on any atom is -0.359 e. The Hall–Kier alpha value is -3.45. The van der Waals surface area contributed by atoms with Crippen LogP contribution in [0.4, 0.5) is 5.69 Å². The quantitative estimate of drug-likeness (QED) is 0.445. The summed E-state index contributed by atoms with van der Waals surface area (Å²) in [4.78, 5) is 20.1. The highest BCUT2D eigenvalue weighted by atomic mass is 16.1. The zero-order valence-electron chi connectivity index (χ0n) is 13.9. The van der Waals surface area contributed by atoms with E-state index in [0.29, 0.717) is 5.69 Å². The maximum atomic E-state index is 12.8. The molecule has 0 bridgehead atoms. The number of rotatable bonds is 5. The molecule has 1 amide bonds. The lowest BCUT2D eigenvalue weighted by Gasteiger charge is -2.15. The number of pyridine rings is 1. The Kier molecular flexibility index (Phi) is 4.20. The molecule has 0 aliphatic heterocycles. The van der Waals surface area contributed by atoms with E-state index in [1.54, 1.807) is 24.7 Å². The zero-order valence-corrected chi connectivity index (χ0v) is 13.9. The molecule has 1 aromatic carbocycles. The number of carbonyl (C=O) groups is 1. The van der Waals surface area contributed by atoms with Crippen LogP contribution in [0.3, 0.4) is 0 Å². The smallest absolute Gasteiger partial charge is 0.233 e. The predicted octanol–water partition coefficient (Wildman–Crippen LogP) is 2.63. The molecule has 0 radical (unpaired) electrons. The van der Waals surface area contributed by atoms with Crippen LogP contribution >= 0.6 is 0 Å². The summed E-state index contributed by atoms with van der Waals surface area (Å²) in [7, 11) is 0. The number of carbonyl (C=O) groups excluding carboxylic acids is 1. The van der Waals surface area contributed by atoms with Crippen LogP contribution in [0.15, 0.2) is 61.3 Å². The fourth-order valence-corrected chi connectivity index (χ4v) is 3.09. The number of hydrogen-bond donors (Lipinski definition) is 4. The highest BCUT2D eigenvalue weighted by molar-refractivity contribution is 6.07. The Morgan fingerprint density at radius 1 is 1.19 bits per heavy atom. The summed E-state index contributed by atoms with van der Waals surface area (Å²) >= 11 is 0. The third-order valence-electron chi connectivity index (χ3n) is 4.42. The lowest BCUT2D eigenvalue weighted by molar-refractivity contribution is -0.117. The molecule has 7 heteroatoms. The van der Waals surface area contributed by atoms with Gasteiger partial charge in [0, 0.05) is 47.8 Å². The number of aromatic amines is 2. The number of hydrogen-bond acceptors (Lipinski definition) is 4. The molecule has 0 unspecified atom stereocenters. The number of benzene rings is 1. The number of aromatic nitrogens is 4. The first kappa shape index (κ1) is 16.0. The molecule has 0 aliphatic carbocycles. The maximum Gasteiger partial charge on any atom is 0.233 e. The molecular formula is C19H18N6O. The minimum absolute atomic E-state index is 0.160. The Morgan fingerprint density at radius 3 is 2.85 bits per heavy atom. The highest BCUT2D eigenvalue weighted by Crippen LogP contribution is 2.32. The van der Waals surface area contributed by atoms with Crippen molar-refractivity contribution in [2.24, 2.45) is 5.73 Å². The van der Waals surface area contributed by atoms with Crippen LogP contribution < -0.4 is 11.1 Å². The van der Waals surface area contributed by atoms with Crippen molar-refractivity contribution in [1.29, 1.82) is 0 Å². The molecule has 0 saturated heterocycles. The number of nitrogens with one attached hydrogen (secondary N) is 3. The van der Waals surface area contributed by atoms with Gasteiger partial charge in [0.05, 0.1) is 23.3 Å². The summed E-state index contributed by atoms with van der Waals surface area (Å²) in [5.41, 5.74) is 10.2. The molecular weight excluding hydrogens is 328 g/mol. The maximum absolute atomic E-state index is 12.8. The van der Waals surface area contributed by atoms with Crippen molar-refractivity contribution in [3.05, 3.63) is 66.9 Å². The van der Waals surface area contributed by atoms with E-state index in [9.17, 15) is 4.79 Å². The molecule has 7 nitrogen and oxygen atoms in total. The Bertz CT molecular complexity index is 1020. The van der Waals surface area contributed by atoms with Gasteiger partial charge in [0.2, 0.25) is 5.91 Å². The van der Waals surface area contributed by atoms with Crippen LogP contribution in [-0.2, 0) is 4.79 Å². The molecule has 5 N–H and O–H groups in total. The Morgan fingerprint density at radius 2 is 2.12 bits per heavy atom. The van der Waals surface area contributed by atoms with Crippen LogP contribution in [0, 0.1) is 0 Å². The van der Waals surface area contributed by atoms with Crippen molar-refractivity contribution in [1.82, 2.24) is 20.2 Å². The van der Waals surface area contributed by atoms with E-state index in [1.165, 1.54) is 0 Å². The van der Waals surface area contributed by atoms with E-state index in [0.717, 1.165) is 27.6 Å². The summed E-state index contributed by atoms with van der Waals surface area (Å²) in [5, 5.41) is 10.8. The van der Waals surface area contributed by atoms with Crippen molar-refractivity contribution in [3.8, 4) is 11.1 Å². The van der Waals surface area contributed by atoms with Gasteiger partial charge in [-0.15, -0.1) is 0 Å². The van der Waals surface area contributed by atoms with E-state index in [-0.39, 0.29) is 12.5 Å². The first-order chi connectivity index (χ1) is 12.8. The molecule has 4 aromatic rings. The van der Waals surface area contributed by atoms with Gasteiger partial charge < -0.3 is 16.0 Å². The van der Waals surface area contributed by atoms with Crippen LogP contribution in [0.5, 0.6) is 0 Å². The normalized spacial score (nSPS) is 12.2. The van der Waals surface area contributed by atoms with Crippen molar-refractivity contribution in [2.45, 2.75) is 5.92 Å². The highest BCUT2D eigenvalue weighted by Gasteiger charge is 2.20. The Balaban J connectivity index is 1.66. The molecule has 0 saturated carbocycles. The second kappa shape index (κ2) is 6.81. The number of anilines is 1. The van der Waals surface area contributed by atoms with Gasteiger partial charge in [-0.2, -0.15) is 5.10 Å². The summed E-state index contributed by atoms with van der Waals surface area (Å²) in [6, 6.07) is 9.44. The topological polar surface area (TPSA) is 112 Å². The van der Waals surface area contributed by atoms with Crippen LogP contribution in [0.2, 0.25) is 0 Å². The summed E-state index contributed by atoms with van der Waals surface area (Å²) < 4.78 is 0. The number of amides is 1. The van der Waals surface area contributed by atoms with Crippen molar-refractivity contribution in [3.63, 3.8) is 0 Å². The van der Waals surface area contributed by atoms with E-state index in [4.69, 9.17) is 5.73 Å². The monoisotopic (exact) mass is 346 g/mol. The van der Waals surface area contributed by atoms with E-state index < -0.39 is 5.92 Å². The largest absolute Gasteiger partial charge is 0.359 e. The van der Waals surface area contributed by atoms with E-state index >= 15 is 0 Å². The third kappa shape index (κ3) is 2.84. The second-order valence-electron chi connectivity index (χ2n) is 5.98. The fraction of sp³-hybridized carbons (Fsp3) is 0.105. The summed E-state index contributed by atoms with van der Waals surface area (Å²) in [5.74, 6) is -0.616.